The van der Waals surface area contributed by atoms with Gasteiger partial charge in [0.1, 0.15) is 17.1 Å². The predicted octanol–water partition coefficient (Wildman–Crippen LogP) is 6.32. The fourth-order valence-electron chi connectivity index (χ4n) is 4.79. The van der Waals surface area contributed by atoms with Gasteiger partial charge in [-0.3, -0.25) is 9.69 Å². The number of nitrogens with zero attached hydrogens (tertiary/aromatic N) is 3. The average Bonchev–Trinajstić information content (AvgIpc) is 3.35. The molecular formula is C30H35F4N5O3. The van der Waals surface area contributed by atoms with Crippen molar-refractivity contribution in [1.29, 1.82) is 0 Å². The molecule has 4 rings (SSSR count). The summed E-state index contributed by atoms with van der Waals surface area (Å²) in [4.78, 5) is 27.6. The van der Waals surface area contributed by atoms with E-state index in [9.17, 15) is 22.8 Å². The second kappa shape index (κ2) is 12.1. The zero-order chi connectivity index (χ0) is 30.8. The number of amides is 2. The molecule has 0 spiro atoms. The van der Waals surface area contributed by atoms with Gasteiger partial charge in [-0.05, 0) is 68.0 Å². The number of benzene rings is 2. The first-order valence-corrected chi connectivity index (χ1v) is 13.7. The molecule has 226 valence electrons. The third-order valence-electron chi connectivity index (χ3n) is 6.51. The maximum absolute atomic E-state index is 15.5. The molecule has 2 heterocycles. The SMILES string of the molecule is CC(C)CN1CCc2c(ccc(NC(=O)c3cc(C(F)(F)F)nn3-c3cccc(CNC(=O)OC(C)(C)C)c3)c2F)C1. The summed E-state index contributed by atoms with van der Waals surface area (Å²) in [6, 6.07) is 9.97. The van der Waals surface area contributed by atoms with Crippen molar-refractivity contribution >= 4 is 17.7 Å². The van der Waals surface area contributed by atoms with Gasteiger partial charge in [0.2, 0.25) is 0 Å². The van der Waals surface area contributed by atoms with Crippen molar-refractivity contribution in [1.82, 2.24) is 20.0 Å². The average molecular weight is 590 g/mol. The Kier molecular flexibility index (Phi) is 8.95. The summed E-state index contributed by atoms with van der Waals surface area (Å²) in [7, 11) is 0. The molecule has 0 saturated carbocycles. The van der Waals surface area contributed by atoms with Crippen molar-refractivity contribution in [3.63, 3.8) is 0 Å². The molecule has 1 aliphatic rings. The highest BCUT2D eigenvalue weighted by atomic mass is 19.4. The monoisotopic (exact) mass is 589 g/mol. The number of aromatic nitrogens is 2. The smallest absolute Gasteiger partial charge is 0.435 e. The minimum atomic E-state index is -4.82. The van der Waals surface area contributed by atoms with Crippen LogP contribution in [-0.2, 0) is 30.4 Å². The fraction of sp³-hybridized carbons (Fsp3) is 0.433. The summed E-state index contributed by atoms with van der Waals surface area (Å²) >= 11 is 0. The summed E-state index contributed by atoms with van der Waals surface area (Å²) in [5.74, 6) is -1.09. The van der Waals surface area contributed by atoms with E-state index in [1.807, 2.05) is 0 Å². The summed E-state index contributed by atoms with van der Waals surface area (Å²) in [5, 5.41) is 8.67. The summed E-state index contributed by atoms with van der Waals surface area (Å²) in [5.41, 5.74) is -0.547. The largest absolute Gasteiger partial charge is 0.444 e. The molecule has 2 aromatic carbocycles. The number of ether oxygens (including phenoxy) is 1. The predicted molar refractivity (Wildman–Crippen MR) is 150 cm³/mol. The van der Waals surface area contributed by atoms with E-state index in [0.717, 1.165) is 16.8 Å². The lowest BCUT2D eigenvalue weighted by Gasteiger charge is -2.30. The van der Waals surface area contributed by atoms with Crippen LogP contribution in [0.5, 0.6) is 0 Å². The molecular weight excluding hydrogens is 554 g/mol. The molecule has 2 N–H and O–H groups in total. The van der Waals surface area contributed by atoms with Gasteiger partial charge in [0.25, 0.3) is 5.91 Å². The first-order chi connectivity index (χ1) is 19.6. The van der Waals surface area contributed by atoms with Crippen LogP contribution in [0, 0.1) is 11.7 Å². The van der Waals surface area contributed by atoms with Gasteiger partial charge < -0.3 is 15.4 Å². The highest BCUT2D eigenvalue weighted by Crippen LogP contribution is 2.31. The Morgan fingerprint density at radius 2 is 1.83 bits per heavy atom. The van der Waals surface area contributed by atoms with Gasteiger partial charge in [0, 0.05) is 32.2 Å². The molecule has 42 heavy (non-hydrogen) atoms. The molecule has 0 atom stereocenters. The Morgan fingerprint density at radius 1 is 1.10 bits per heavy atom. The second-order valence-corrected chi connectivity index (χ2v) is 11.7. The first-order valence-electron chi connectivity index (χ1n) is 13.7. The number of carbonyl (C=O) groups is 2. The maximum atomic E-state index is 15.5. The molecule has 8 nitrogen and oxygen atoms in total. The van der Waals surface area contributed by atoms with E-state index in [0.29, 0.717) is 42.6 Å². The third-order valence-corrected chi connectivity index (χ3v) is 6.51. The number of anilines is 1. The molecule has 12 heteroatoms. The number of nitrogens with one attached hydrogen (secondary N) is 2. The van der Waals surface area contributed by atoms with Crippen LogP contribution < -0.4 is 10.6 Å². The number of rotatable bonds is 7. The lowest BCUT2D eigenvalue weighted by Crippen LogP contribution is -2.34. The van der Waals surface area contributed by atoms with E-state index in [4.69, 9.17) is 4.74 Å². The van der Waals surface area contributed by atoms with Crippen LogP contribution in [0.15, 0.2) is 42.5 Å². The van der Waals surface area contributed by atoms with Gasteiger partial charge in [0.15, 0.2) is 5.69 Å². The second-order valence-electron chi connectivity index (χ2n) is 11.7. The standard InChI is InChI=1S/C30H35F4N5O3/c1-18(2)16-38-12-11-22-20(17-38)9-10-23(26(22)31)36-27(40)24-14-25(30(32,33)34)37-39(24)21-8-6-7-19(13-21)15-35-28(41)42-29(3,4)5/h6-10,13-14,18H,11-12,15-17H2,1-5H3,(H,35,41)(H,36,40). The molecule has 0 saturated heterocycles. The summed E-state index contributed by atoms with van der Waals surface area (Å²) < 4.78 is 62.5. The number of fused-ring (bicyclic) bond motifs is 1. The van der Waals surface area contributed by atoms with Crippen LogP contribution in [0.4, 0.5) is 28.0 Å². The Balaban J connectivity index is 1.59. The van der Waals surface area contributed by atoms with E-state index in [1.165, 1.54) is 18.2 Å². The first kappa shape index (κ1) is 31.0. The Morgan fingerprint density at radius 3 is 2.50 bits per heavy atom. The normalized spacial score (nSPS) is 14.0. The van der Waals surface area contributed by atoms with Crippen LogP contribution in [-0.4, -0.2) is 45.4 Å². The summed E-state index contributed by atoms with van der Waals surface area (Å²) in [6.45, 7) is 11.5. The van der Waals surface area contributed by atoms with Crippen molar-refractivity contribution in [3.8, 4) is 5.69 Å². The topological polar surface area (TPSA) is 88.5 Å². The summed E-state index contributed by atoms with van der Waals surface area (Å²) in [6.07, 6.45) is -5.03. The molecule has 2 amide bonds. The lowest BCUT2D eigenvalue weighted by atomic mass is 9.97. The molecule has 0 unspecified atom stereocenters. The van der Waals surface area contributed by atoms with E-state index in [-0.39, 0.29) is 17.9 Å². The molecule has 0 radical (unpaired) electrons. The third kappa shape index (κ3) is 7.67. The number of hydrogen-bond donors (Lipinski definition) is 2. The van der Waals surface area contributed by atoms with E-state index >= 15 is 4.39 Å². The van der Waals surface area contributed by atoms with Gasteiger partial charge >= 0.3 is 12.3 Å². The highest BCUT2D eigenvalue weighted by molar-refractivity contribution is 6.03. The van der Waals surface area contributed by atoms with Gasteiger partial charge in [-0.25, -0.2) is 13.9 Å². The fourth-order valence-corrected chi connectivity index (χ4v) is 4.79. The van der Waals surface area contributed by atoms with Crippen molar-refractivity contribution in [2.75, 3.05) is 18.4 Å². The molecule has 1 aromatic heterocycles. The van der Waals surface area contributed by atoms with Crippen molar-refractivity contribution in [2.24, 2.45) is 5.92 Å². The number of halogens is 4. The molecule has 0 aliphatic carbocycles. The minimum Gasteiger partial charge on any atom is -0.444 e. The van der Waals surface area contributed by atoms with Gasteiger partial charge in [-0.1, -0.05) is 32.0 Å². The maximum Gasteiger partial charge on any atom is 0.435 e. The zero-order valence-electron chi connectivity index (χ0n) is 24.2. The van der Waals surface area contributed by atoms with Crippen molar-refractivity contribution in [3.05, 3.63) is 76.4 Å². The number of alkyl halides is 3. The Hall–Kier alpha value is -3.93. The van der Waals surface area contributed by atoms with Gasteiger partial charge in [-0.15, -0.1) is 0 Å². The minimum absolute atomic E-state index is 0.0204. The van der Waals surface area contributed by atoms with Crippen LogP contribution >= 0.6 is 0 Å². The Bertz CT molecular complexity index is 1460. The molecule has 3 aromatic rings. The highest BCUT2D eigenvalue weighted by Gasteiger charge is 2.36. The molecule has 0 fully saturated rings. The quantitative estimate of drug-likeness (QED) is 0.315. The van der Waals surface area contributed by atoms with E-state index in [1.54, 1.807) is 39.0 Å². The number of alkyl carbamates (subject to hydrolysis) is 1. The van der Waals surface area contributed by atoms with E-state index in [2.05, 4.69) is 34.5 Å². The van der Waals surface area contributed by atoms with Crippen LogP contribution in [0.3, 0.4) is 0 Å². The number of hydrogen-bond acceptors (Lipinski definition) is 5. The van der Waals surface area contributed by atoms with E-state index < -0.39 is 41.0 Å². The van der Waals surface area contributed by atoms with Crippen molar-refractivity contribution < 1.29 is 31.9 Å². The van der Waals surface area contributed by atoms with Crippen LogP contribution in [0.2, 0.25) is 0 Å². The molecule has 0 bridgehead atoms. The number of carbonyl (C=O) groups excluding carboxylic acids is 2. The zero-order valence-corrected chi connectivity index (χ0v) is 24.2. The van der Waals surface area contributed by atoms with Crippen molar-refractivity contribution in [2.45, 2.75) is 65.9 Å². The Labute approximate surface area is 242 Å². The van der Waals surface area contributed by atoms with Crippen LogP contribution in [0.25, 0.3) is 5.69 Å². The lowest BCUT2D eigenvalue weighted by molar-refractivity contribution is -0.141. The van der Waals surface area contributed by atoms with Gasteiger partial charge in [-0.2, -0.15) is 18.3 Å². The van der Waals surface area contributed by atoms with Gasteiger partial charge in [0.05, 0.1) is 11.4 Å². The van der Waals surface area contributed by atoms with Crippen LogP contribution in [0.1, 0.15) is 67.5 Å². The molecule has 1 aliphatic heterocycles.